The summed E-state index contributed by atoms with van der Waals surface area (Å²) in [5, 5.41) is 10.2. The van der Waals surface area contributed by atoms with Crippen molar-refractivity contribution in [2.75, 3.05) is 6.61 Å². The van der Waals surface area contributed by atoms with Crippen LogP contribution in [0.1, 0.15) is 45.3 Å². The molecule has 0 aliphatic carbocycles. The number of aliphatic hydroxyl groups is 1. The Morgan fingerprint density at radius 1 is 1.12 bits per heavy atom. The third-order valence-corrected chi connectivity index (χ3v) is 2.86. The molecule has 0 fully saturated rings. The van der Waals surface area contributed by atoms with E-state index in [1.165, 1.54) is 0 Å². The molecule has 0 aliphatic heterocycles. The molecule has 0 heterocycles. The van der Waals surface area contributed by atoms with Crippen LogP contribution in [0, 0.1) is 5.92 Å². The van der Waals surface area contributed by atoms with Crippen LogP contribution in [0.2, 0.25) is 0 Å². The third-order valence-electron chi connectivity index (χ3n) is 2.86. The van der Waals surface area contributed by atoms with Crippen LogP contribution in [-0.4, -0.2) is 17.8 Å². The summed E-state index contributed by atoms with van der Waals surface area (Å²) in [5.74, 6) is 0.614. The molecule has 1 aromatic rings. The van der Waals surface area contributed by atoms with Gasteiger partial charge in [-0.15, -0.1) is 0 Å². The van der Waals surface area contributed by atoms with E-state index in [2.05, 4.69) is 13.8 Å². The Hall–Kier alpha value is -0.860. The summed E-state index contributed by atoms with van der Waals surface area (Å²) in [4.78, 5) is 0. The molecule has 0 radical (unpaired) electrons. The van der Waals surface area contributed by atoms with E-state index < -0.39 is 6.10 Å². The molecule has 96 valence electrons. The van der Waals surface area contributed by atoms with Crippen molar-refractivity contribution < 1.29 is 9.84 Å². The molecule has 2 atom stereocenters. The standard InChI is InChI=1S/C15H24O2/c1-4-17-15(13-8-6-5-7-9-13)14(16)11-10-12(2)3/h5-9,12,14-16H,4,10-11H2,1-3H3. The quantitative estimate of drug-likeness (QED) is 0.784. The molecule has 0 saturated carbocycles. The van der Waals surface area contributed by atoms with Crippen LogP contribution < -0.4 is 0 Å². The lowest BCUT2D eigenvalue weighted by Gasteiger charge is -2.23. The summed E-state index contributed by atoms with van der Waals surface area (Å²) in [5.41, 5.74) is 1.06. The molecule has 1 aromatic carbocycles. The molecule has 0 spiro atoms. The van der Waals surface area contributed by atoms with Crippen molar-refractivity contribution in [1.29, 1.82) is 0 Å². The number of benzene rings is 1. The van der Waals surface area contributed by atoms with Crippen LogP contribution in [0.4, 0.5) is 0 Å². The minimum absolute atomic E-state index is 0.194. The van der Waals surface area contributed by atoms with E-state index in [1.807, 2.05) is 37.3 Å². The van der Waals surface area contributed by atoms with E-state index in [4.69, 9.17) is 4.74 Å². The van der Waals surface area contributed by atoms with E-state index in [-0.39, 0.29) is 6.10 Å². The maximum atomic E-state index is 10.2. The van der Waals surface area contributed by atoms with E-state index in [9.17, 15) is 5.11 Å². The van der Waals surface area contributed by atoms with Gasteiger partial charge in [0, 0.05) is 6.61 Å². The largest absolute Gasteiger partial charge is 0.390 e. The summed E-state index contributed by atoms with van der Waals surface area (Å²) < 4.78 is 5.67. The fraction of sp³-hybridized carbons (Fsp3) is 0.600. The normalized spacial score (nSPS) is 14.9. The Morgan fingerprint density at radius 2 is 1.76 bits per heavy atom. The lowest BCUT2D eigenvalue weighted by atomic mass is 9.97. The predicted molar refractivity (Wildman–Crippen MR) is 70.9 cm³/mol. The number of rotatable bonds is 7. The molecule has 2 unspecified atom stereocenters. The fourth-order valence-electron chi connectivity index (χ4n) is 1.91. The Labute approximate surface area is 105 Å². The molecule has 0 amide bonds. The first kappa shape index (κ1) is 14.2. The van der Waals surface area contributed by atoms with Crippen molar-refractivity contribution >= 4 is 0 Å². The fourth-order valence-corrected chi connectivity index (χ4v) is 1.91. The van der Waals surface area contributed by atoms with Crippen LogP contribution in [0.5, 0.6) is 0 Å². The van der Waals surface area contributed by atoms with Crippen LogP contribution >= 0.6 is 0 Å². The average Bonchev–Trinajstić information content (AvgIpc) is 2.34. The van der Waals surface area contributed by atoms with Crippen LogP contribution in [0.15, 0.2) is 30.3 Å². The zero-order chi connectivity index (χ0) is 12.7. The highest BCUT2D eigenvalue weighted by atomic mass is 16.5. The monoisotopic (exact) mass is 236 g/mol. The van der Waals surface area contributed by atoms with Crippen molar-refractivity contribution in [3.05, 3.63) is 35.9 Å². The molecule has 1 N–H and O–H groups in total. The van der Waals surface area contributed by atoms with E-state index in [1.54, 1.807) is 0 Å². The summed E-state index contributed by atoms with van der Waals surface area (Å²) in [7, 11) is 0. The molecule has 1 rings (SSSR count). The van der Waals surface area contributed by atoms with Gasteiger partial charge in [0.15, 0.2) is 0 Å². The SMILES string of the molecule is CCOC(c1ccccc1)C(O)CCC(C)C. The minimum Gasteiger partial charge on any atom is -0.390 e. The average molecular weight is 236 g/mol. The van der Waals surface area contributed by atoms with Gasteiger partial charge in [-0.2, -0.15) is 0 Å². The summed E-state index contributed by atoms with van der Waals surface area (Å²) >= 11 is 0. The maximum absolute atomic E-state index is 10.2. The topological polar surface area (TPSA) is 29.5 Å². The number of hydrogen-bond donors (Lipinski definition) is 1. The van der Waals surface area contributed by atoms with Gasteiger partial charge in [-0.3, -0.25) is 0 Å². The van der Waals surface area contributed by atoms with Gasteiger partial charge in [-0.05, 0) is 31.2 Å². The van der Waals surface area contributed by atoms with Crippen molar-refractivity contribution in [1.82, 2.24) is 0 Å². The Morgan fingerprint density at radius 3 is 2.29 bits per heavy atom. The first-order valence-corrected chi connectivity index (χ1v) is 6.49. The summed E-state index contributed by atoms with van der Waals surface area (Å²) in [6.45, 7) is 6.93. The minimum atomic E-state index is -0.417. The van der Waals surface area contributed by atoms with Gasteiger partial charge in [0.25, 0.3) is 0 Å². The van der Waals surface area contributed by atoms with Gasteiger partial charge < -0.3 is 9.84 Å². The highest BCUT2D eigenvalue weighted by molar-refractivity contribution is 5.18. The second-order valence-electron chi connectivity index (χ2n) is 4.83. The van der Waals surface area contributed by atoms with Crippen LogP contribution in [0.3, 0.4) is 0 Å². The van der Waals surface area contributed by atoms with Crippen molar-refractivity contribution in [2.45, 2.75) is 45.8 Å². The van der Waals surface area contributed by atoms with Crippen molar-refractivity contribution in [3.8, 4) is 0 Å². The van der Waals surface area contributed by atoms with Gasteiger partial charge >= 0.3 is 0 Å². The first-order valence-electron chi connectivity index (χ1n) is 6.49. The predicted octanol–water partition coefficient (Wildman–Crippen LogP) is 3.56. The Bertz CT molecular complexity index is 295. The Balaban J connectivity index is 2.65. The van der Waals surface area contributed by atoms with E-state index >= 15 is 0 Å². The van der Waals surface area contributed by atoms with Crippen LogP contribution in [-0.2, 0) is 4.74 Å². The van der Waals surface area contributed by atoms with Gasteiger partial charge in [-0.25, -0.2) is 0 Å². The number of hydrogen-bond acceptors (Lipinski definition) is 2. The van der Waals surface area contributed by atoms with E-state index in [0.29, 0.717) is 12.5 Å². The van der Waals surface area contributed by atoms with Crippen molar-refractivity contribution in [2.24, 2.45) is 5.92 Å². The molecular weight excluding hydrogens is 212 g/mol. The summed E-state index contributed by atoms with van der Waals surface area (Å²) in [6, 6.07) is 9.97. The van der Waals surface area contributed by atoms with Gasteiger partial charge in [-0.1, -0.05) is 44.2 Å². The highest BCUT2D eigenvalue weighted by Gasteiger charge is 2.21. The molecule has 2 heteroatoms. The molecule has 2 nitrogen and oxygen atoms in total. The molecule has 0 aliphatic rings. The number of aliphatic hydroxyl groups excluding tert-OH is 1. The van der Waals surface area contributed by atoms with Gasteiger partial charge in [0.2, 0.25) is 0 Å². The second kappa shape index (κ2) is 7.46. The summed E-state index contributed by atoms with van der Waals surface area (Å²) in [6.07, 6.45) is 1.20. The molecular formula is C15H24O2. The lowest BCUT2D eigenvalue weighted by Crippen LogP contribution is -2.22. The first-order chi connectivity index (χ1) is 8.15. The van der Waals surface area contributed by atoms with Gasteiger partial charge in [0.05, 0.1) is 6.10 Å². The van der Waals surface area contributed by atoms with E-state index in [0.717, 1.165) is 18.4 Å². The molecule has 0 saturated heterocycles. The Kier molecular flexibility index (Phi) is 6.23. The smallest absolute Gasteiger partial charge is 0.108 e. The van der Waals surface area contributed by atoms with Gasteiger partial charge in [0.1, 0.15) is 6.10 Å². The second-order valence-corrected chi connectivity index (χ2v) is 4.83. The van der Waals surface area contributed by atoms with Crippen LogP contribution in [0.25, 0.3) is 0 Å². The maximum Gasteiger partial charge on any atom is 0.108 e. The number of ether oxygens (including phenoxy) is 1. The molecule has 17 heavy (non-hydrogen) atoms. The third kappa shape index (κ3) is 4.88. The lowest BCUT2D eigenvalue weighted by molar-refractivity contribution is -0.0395. The zero-order valence-electron chi connectivity index (χ0n) is 11.1. The highest BCUT2D eigenvalue weighted by Crippen LogP contribution is 2.25. The zero-order valence-corrected chi connectivity index (χ0v) is 11.1. The molecule has 0 bridgehead atoms. The molecule has 0 aromatic heterocycles. The van der Waals surface area contributed by atoms with Crippen molar-refractivity contribution in [3.63, 3.8) is 0 Å².